The molecule has 2 aromatic carbocycles. The third kappa shape index (κ3) is 6.56. The molecule has 0 saturated carbocycles. The maximum atomic E-state index is 13.3. The second-order valence-electron chi connectivity index (χ2n) is 8.16. The monoisotopic (exact) mass is 566 g/mol. The van der Waals surface area contributed by atoms with Crippen LogP contribution in [0.25, 0.3) is 11.4 Å². The molecule has 0 atom stereocenters. The Morgan fingerprint density at radius 2 is 1.70 bits per heavy atom. The maximum absolute atomic E-state index is 13.3. The van der Waals surface area contributed by atoms with Crippen molar-refractivity contribution in [1.29, 1.82) is 0 Å². The molecule has 4 aromatic rings. The molecule has 2 aromatic heterocycles. The van der Waals surface area contributed by atoms with Crippen LogP contribution in [0.1, 0.15) is 5.56 Å². The van der Waals surface area contributed by atoms with Crippen LogP contribution in [-0.4, -0.2) is 57.3 Å². The Bertz CT molecular complexity index is 1610. The Labute approximate surface area is 230 Å². The van der Waals surface area contributed by atoms with Crippen LogP contribution in [0.4, 0.5) is 5.82 Å². The number of para-hydroxylation sites is 2. The first-order valence-corrected chi connectivity index (χ1v) is 13.2. The third-order valence-electron chi connectivity index (χ3n) is 5.38. The molecule has 12 nitrogen and oxygen atoms in total. The molecule has 13 heteroatoms. The van der Waals surface area contributed by atoms with Crippen LogP contribution < -0.4 is 23.7 Å². The van der Waals surface area contributed by atoms with E-state index in [0.717, 1.165) is 5.56 Å². The Kier molecular flexibility index (Phi) is 8.64. The lowest BCUT2D eigenvalue weighted by Gasteiger charge is -2.17. The fourth-order valence-corrected chi connectivity index (χ4v) is 4.33. The van der Waals surface area contributed by atoms with Crippen molar-refractivity contribution in [3.8, 4) is 40.3 Å². The number of ether oxygens (including phenoxy) is 5. The van der Waals surface area contributed by atoms with E-state index in [-0.39, 0.29) is 40.7 Å². The molecule has 0 radical (unpaired) electrons. The fourth-order valence-electron chi connectivity index (χ4n) is 3.39. The number of methoxy groups -OCH3 is 3. The first-order chi connectivity index (χ1) is 19.2. The molecule has 40 heavy (non-hydrogen) atoms. The van der Waals surface area contributed by atoms with Gasteiger partial charge in [-0.1, -0.05) is 30.3 Å². The summed E-state index contributed by atoms with van der Waals surface area (Å²) in [6.07, 6.45) is 1.44. The number of benzene rings is 2. The molecule has 0 aliphatic carbocycles. The van der Waals surface area contributed by atoms with Crippen molar-refractivity contribution >= 4 is 21.8 Å². The predicted molar refractivity (Wildman–Crippen MR) is 144 cm³/mol. The molecule has 0 aliphatic rings. The number of nitrogens with one attached hydrogen (secondary N) is 1. The van der Waals surface area contributed by atoms with Crippen LogP contribution >= 0.6 is 0 Å². The second kappa shape index (κ2) is 12.3. The molecule has 4 rings (SSSR count). The molecule has 0 amide bonds. The van der Waals surface area contributed by atoms with E-state index in [1.165, 1.54) is 33.6 Å². The summed E-state index contributed by atoms with van der Waals surface area (Å²) in [5.41, 5.74) is 1.23. The van der Waals surface area contributed by atoms with Crippen LogP contribution in [0.15, 0.2) is 71.9 Å². The molecule has 2 heterocycles. The zero-order chi connectivity index (χ0) is 28.7. The minimum atomic E-state index is -4.21. The number of rotatable bonds is 11. The number of aryl methyl sites for hydroxylation is 1. The van der Waals surface area contributed by atoms with Crippen molar-refractivity contribution in [3.63, 3.8) is 0 Å². The highest BCUT2D eigenvalue weighted by molar-refractivity contribution is 7.92. The first kappa shape index (κ1) is 28.1. The first-order valence-electron chi connectivity index (χ1n) is 11.8. The predicted octanol–water partition coefficient (Wildman–Crippen LogP) is 4.01. The van der Waals surface area contributed by atoms with Crippen molar-refractivity contribution in [1.82, 2.24) is 15.0 Å². The van der Waals surface area contributed by atoms with E-state index in [2.05, 4.69) is 24.4 Å². The highest BCUT2D eigenvalue weighted by Crippen LogP contribution is 2.41. The average molecular weight is 567 g/mol. The van der Waals surface area contributed by atoms with Gasteiger partial charge < -0.3 is 23.7 Å². The van der Waals surface area contributed by atoms with Gasteiger partial charge in [0, 0.05) is 11.8 Å². The number of hydrogen-bond acceptors (Lipinski definition) is 11. The number of esters is 1. The SMILES string of the molecule is COC(=O)COc1cccc(-c2nc(NS(=O)(=O)c3ccc(C)cn3)c(Oc3ccccc3OC)c(OC)n2)c1. The summed E-state index contributed by atoms with van der Waals surface area (Å²) < 4.78 is 56.0. The smallest absolute Gasteiger partial charge is 0.343 e. The molecule has 0 spiro atoms. The number of anilines is 1. The van der Waals surface area contributed by atoms with E-state index < -0.39 is 16.0 Å². The van der Waals surface area contributed by atoms with E-state index in [0.29, 0.717) is 17.1 Å². The Hall–Kier alpha value is -4.91. The van der Waals surface area contributed by atoms with E-state index in [4.69, 9.17) is 18.9 Å². The minimum Gasteiger partial charge on any atom is -0.493 e. The van der Waals surface area contributed by atoms with Gasteiger partial charge in [0.25, 0.3) is 15.9 Å². The highest BCUT2D eigenvalue weighted by atomic mass is 32.2. The van der Waals surface area contributed by atoms with Crippen LogP contribution in [0.5, 0.6) is 28.9 Å². The average Bonchev–Trinajstić information content (AvgIpc) is 2.97. The van der Waals surface area contributed by atoms with Gasteiger partial charge in [-0.15, -0.1) is 0 Å². The van der Waals surface area contributed by atoms with Gasteiger partial charge in [-0.25, -0.2) is 14.8 Å². The summed E-state index contributed by atoms with van der Waals surface area (Å²) in [5, 5.41) is -0.223. The Morgan fingerprint density at radius 3 is 2.38 bits per heavy atom. The van der Waals surface area contributed by atoms with E-state index in [9.17, 15) is 13.2 Å². The summed E-state index contributed by atoms with van der Waals surface area (Å²) in [4.78, 5) is 24.4. The van der Waals surface area contributed by atoms with Gasteiger partial charge in [0.15, 0.2) is 34.8 Å². The normalized spacial score (nSPS) is 10.9. The molecule has 0 fully saturated rings. The van der Waals surface area contributed by atoms with Gasteiger partial charge in [0.2, 0.25) is 5.75 Å². The van der Waals surface area contributed by atoms with E-state index in [1.54, 1.807) is 61.5 Å². The van der Waals surface area contributed by atoms with Gasteiger partial charge in [0.05, 0.1) is 21.3 Å². The number of pyridine rings is 1. The number of carbonyl (C=O) groups is 1. The highest BCUT2D eigenvalue weighted by Gasteiger charge is 2.25. The molecule has 0 unspecified atom stereocenters. The lowest BCUT2D eigenvalue weighted by atomic mass is 10.2. The number of nitrogens with zero attached hydrogens (tertiary/aromatic N) is 3. The molecular formula is C27H26N4O8S. The summed E-state index contributed by atoms with van der Waals surface area (Å²) in [6.45, 7) is 1.49. The molecule has 208 valence electrons. The summed E-state index contributed by atoms with van der Waals surface area (Å²) in [6, 6.07) is 16.3. The third-order valence-corrected chi connectivity index (χ3v) is 6.63. The zero-order valence-corrected chi connectivity index (χ0v) is 22.9. The van der Waals surface area contributed by atoms with Gasteiger partial charge in [-0.2, -0.15) is 13.4 Å². The molecule has 0 aliphatic heterocycles. The van der Waals surface area contributed by atoms with Crippen molar-refractivity contribution in [3.05, 3.63) is 72.4 Å². The Morgan fingerprint density at radius 1 is 0.925 bits per heavy atom. The summed E-state index contributed by atoms with van der Waals surface area (Å²) in [7, 11) is -0.121. The van der Waals surface area contributed by atoms with E-state index in [1.807, 2.05) is 0 Å². The molecular weight excluding hydrogens is 540 g/mol. The van der Waals surface area contributed by atoms with Crippen molar-refractivity contribution in [2.45, 2.75) is 11.9 Å². The van der Waals surface area contributed by atoms with Crippen LogP contribution in [0.3, 0.4) is 0 Å². The van der Waals surface area contributed by atoms with Crippen LogP contribution in [0, 0.1) is 6.92 Å². The quantitative estimate of drug-likeness (QED) is 0.263. The molecule has 1 N–H and O–H groups in total. The summed E-state index contributed by atoms with van der Waals surface area (Å²) >= 11 is 0. The molecule has 0 saturated heterocycles. The number of hydrogen-bond donors (Lipinski definition) is 1. The maximum Gasteiger partial charge on any atom is 0.343 e. The Balaban J connectivity index is 1.82. The van der Waals surface area contributed by atoms with Gasteiger partial charge in [-0.3, -0.25) is 4.72 Å². The van der Waals surface area contributed by atoms with Crippen molar-refractivity contribution in [2.75, 3.05) is 32.7 Å². The lowest BCUT2D eigenvalue weighted by molar-refractivity contribution is -0.142. The number of aromatic nitrogens is 3. The van der Waals surface area contributed by atoms with E-state index >= 15 is 0 Å². The van der Waals surface area contributed by atoms with Crippen molar-refractivity contribution in [2.24, 2.45) is 0 Å². The van der Waals surface area contributed by atoms with Gasteiger partial charge in [0.1, 0.15) is 5.75 Å². The molecule has 0 bridgehead atoms. The largest absolute Gasteiger partial charge is 0.493 e. The lowest BCUT2D eigenvalue weighted by Crippen LogP contribution is -2.17. The summed E-state index contributed by atoms with van der Waals surface area (Å²) in [5.74, 6) is 0.146. The minimum absolute atomic E-state index is 0.0636. The topological polar surface area (TPSA) is 148 Å². The number of sulfonamides is 1. The standard InChI is InChI=1S/C27H26N4O8S/c1-17-12-13-22(28-15-17)40(33,34)31-26-24(39-21-11-6-5-10-20(21)35-2)27(37-4)30-25(29-26)18-8-7-9-19(14-18)38-16-23(32)36-3/h5-15H,16H2,1-4H3,(H,29,30,31). The van der Waals surface area contributed by atoms with Gasteiger partial charge >= 0.3 is 5.97 Å². The number of carbonyl (C=O) groups excluding carboxylic acids is 1. The van der Waals surface area contributed by atoms with Crippen LogP contribution in [-0.2, 0) is 19.6 Å². The zero-order valence-electron chi connectivity index (χ0n) is 22.1. The van der Waals surface area contributed by atoms with Gasteiger partial charge in [-0.05, 0) is 42.8 Å². The van der Waals surface area contributed by atoms with Crippen molar-refractivity contribution < 1.29 is 36.9 Å². The van der Waals surface area contributed by atoms with Crippen LogP contribution in [0.2, 0.25) is 0 Å². The second-order valence-corrected chi connectivity index (χ2v) is 9.79. The fraction of sp³-hybridized carbons (Fsp3) is 0.185.